The average molecular weight is 421 g/mol. The molecule has 11 heteroatoms. The summed E-state index contributed by atoms with van der Waals surface area (Å²) in [6.07, 6.45) is 0. The van der Waals surface area contributed by atoms with Gasteiger partial charge in [0.25, 0.3) is 11.2 Å². The fourth-order valence-electron chi connectivity index (χ4n) is 3.71. The topological polar surface area (TPSA) is 181 Å². The largest absolute Gasteiger partial charge is 0.507 e. The summed E-state index contributed by atoms with van der Waals surface area (Å²) < 4.78 is 0. The monoisotopic (exact) mass is 421 g/mol. The summed E-state index contributed by atoms with van der Waals surface area (Å²) >= 11 is 0. The van der Waals surface area contributed by atoms with Crippen LogP contribution in [0.25, 0.3) is 0 Å². The number of anilines is 2. The van der Waals surface area contributed by atoms with Gasteiger partial charge in [-0.25, -0.2) is 0 Å². The first-order chi connectivity index (χ1) is 14.8. The SMILES string of the molecule is Nc1nc2c(c(=O)[nH]1)[C@H](c1cccc([N+](=O)[O-])c1)[C@H](C(=O)c1ccccc1O)C(=O)N2. The lowest BCUT2D eigenvalue weighted by atomic mass is 9.75. The van der Waals surface area contributed by atoms with E-state index in [2.05, 4.69) is 15.3 Å². The number of nitrogens with zero attached hydrogens (tertiary/aromatic N) is 2. The zero-order chi connectivity index (χ0) is 22.3. The predicted octanol–water partition coefficient (Wildman–Crippen LogP) is 1.55. The van der Waals surface area contributed by atoms with E-state index in [0.717, 1.165) is 0 Å². The molecule has 1 amide bonds. The number of nitrogen functional groups attached to an aromatic ring is 1. The summed E-state index contributed by atoms with van der Waals surface area (Å²) in [5, 5.41) is 23.8. The van der Waals surface area contributed by atoms with Gasteiger partial charge in [0.05, 0.1) is 16.1 Å². The Morgan fingerprint density at radius 1 is 1.16 bits per heavy atom. The van der Waals surface area contributed by atoms with Crippen molar-refractivity contribution < 1.29 is 19.6 Å². The molecule has 3 aromatic rings. The van der Waals surface area contributed by atoms with Gasteiger partial charge in [-0.2, -0.15) is 4.98 Å². The molecule has 2 atom stereocenters. The molecule has 0 spiro atoms. The molecule has 0 unspecified atom stereocenters. The highest BCUT2D eigenvalue weighted by molar-refractivity contribution is 6.16. The zero-order valence-corrected chi connectivity index (χ0v) is 15.7. The lowest BCUT2D eigenvalue weighted by Crippen LogP contribution is -2.42. The highest BCUT2D eigenvalue weighted by Crippen LogP contribution is 2.41. The second-order valence-electron chi connectivity index (χ2n) is 6.89. The van der Waals surface area contributed by atoms with Gasteiger partial charge in [0.1, 0.15) is 17.5 Å². The third kappa shape index (κ3) is 3.37. The van der Waals surface area contributed by atoms with Crippen LogP contribution in [0.3, 0.4) is 0 Å². The fraction of sp³-hybridized carbons (Fsp3) is 0.100. The molecule has 0 aliphatic carbocycles. The third-order valence-corrected chi connectivity index (χ3v) is 5.03. The van der Waals surface area contributed by atoms with Gasteiger partial charge in [0.15, 0.2) is 5.78 Å². The number of aromatic amines is 1. The van der Waals surface area contributed by atoms with Crippen molar-refractivity contribution in [2.45, 2.75) is 5.92 Å². The Bertz CT molecular complexity index is 1300. The number of amides is 1. The first-order valence-electron chi connectivity index (χ1n) is 9.05. The number of phenols is 1. The number of fused-ring (bicyclic) bond motifs is 1. The van der Waals surface area contributed by atoms with Crippen molar-refractivity contribution >= 4 is 29.1 Å². The van der Waals surface area contributed by atoms with Crippen LogP contribution in [0.2, 0.25) is 0 Å². The summed E-state index contributed by atoms with van der Waals surface area (Å²) in [5.74, 6) is -4.95. The second-order valence-corrected chi connectivity index (χ2v) is 6.89. The number of phenolic OH excluding ortho intramolecular Hbond substituents is 1. The highest BCUT2D eigenvalue weighted by atomic mass is 16.6. The van der Waals surface area contributed by atoms with Gasteiger partial charge in [0.2, 0.25) is 11.9 Å². The molecule has 0 radical (unpaired) electrons. The Hall–Kier alpha value is -4.54. The Kier molecular flexibility index (Phi) is 4.70. The van der Waals surface area contributed by atoms with Gasteiger partial charge in [0, 0.05) is 18.1 Å². The van der Waals surface area contributed by atoms with Crippen LogP contribution in [-0.4, -0.2) is 31.7 Å². The van der Waals surface area contributed by atoms with Crippen molar-refractivity contribution in [1.29, 1.82) is 0 Å². The van der Waals surface area contributed by atoms with E-state index in [9.17, 15) is 29.6 Å². The number of hydrogen-bond donors (Lipinski definition) is 4. The molecular formula is C20H15N5O6. The number of aromatic hydroxyl groups is 1. The molecule has 0 saturated carbocycles. The van der Waals surface area contributed by atoms with E-state index in [1.54, 1.807) is 0 Å². The summed E-state index contributed by atoms with van der Waals surface area (Å²) in [6.45, 7) is 0. The van der Waals surface area contributed by atoms with Gasteiger partial charge >= 0.3 is 0 Å². The van der Waals surface area contributed by atoms with Crippen LogP contribution in [-0.2, 0) is 4.79 Å². The molecule has 5 N–H and O–H groups in total. The number of hydrogen-bond acceptors (Lipinski definition) is 8. The van der Waals surface area contributed by atoms with Gasteiger partial charge < -0.3 is 16.2 Å². The molecule has 2 aromatic carbocycles. The molecule has 156 valence electrons. The number of non-ortho nitro benzene ring substituents is 1. The van der Waals surface area contributed by atoms with E-state index in [-0.39, 0.29) is 39.9 Å². The molecule has 2 heterocycles. The summed E-state index contributed by atoms with van der Waals surface area (Å²) in [5.41, 5.74) is 4.60. The number of nitro groups is 1. The first kappa shape index (κ1) is 19.8. The summed E-state index contributed by atoms with van der Waals surface area (Å²) in [7, 11) is 0. The van der Waals surface area contributed by atoms with Crippen LogP contribution >= 0.6 is 0 Å². The summed E-state index contributed by atoms with van der Waals surface area (Å²) in [6, 6.07) is 11.0. The van der Waals surface area contributed by atoms with E-state index in [1.165, 1.54) is 48.5 Å². The van der Waals surface area contributed by atoms with E-state index < -0.39 is 34.0 Å². The zero-order valence-electron chi connectivity index (χ0n) is 15.7. The number of nitrogens with one attached hydrogen (secondary N) is 2. The molecule has 4 rings (SSSR count). The number of rotatable bonds is 4. The van der Waals surface area contributed by atoms with Crippen molar-refractivity contribution in [3.8, 4) is 5.75 Å². The number of carbonyl (C=O) groups excluding carboxylic acids is 2. The number of nitro benzene ring substituents is 1. The molecule has 0 bridgehead atoms. The van der Waals surface area contributed by atoms with Gasteiger partial charge in [-0.1, -0.05) is 24.3 Å². The number of nitrogens with two attached hydrogens (primary N) is 1. The number of carbonyl (C=O) groups is 2. The first-order valence-corrected chi connectivity index (χ1v) is 9.05. The molecule has 31 heavy (non-hydrogen) atoms. The number of para-hydroxylation sites is 1. The number of ketones is 1. The van der Waals surface area contributed by atoms with Gasteiger partial charge in [-0.3, -0.25) is 29.5 Å². The van der Waals surface area contributed by atoms with Crippen molar-refractivity contribution in [3.63, 3.8) is 0 Å². The molecular weight excluding hydrogens is 406 g/mol. The van der Waals surface area contributed by atoms with E-state index in [0.29, 0.717) is 0 Å². The maximum atomic E-state index is 13.3. The number of Topliss-reactive ketones (excluding diaryl/α,β-unsaturated/α-hetero) is 1. The van der Waals surface area contributed by atoms with E-state index in [1.807, 2.05) is 0 Å². The van der Waals surface area contributed by atoms with Crippen LogP contribution in [0, 0.1) is 16.0 Å². The predicted molar refractivity (Wildman–Crippen MR) is 109 cm³/mol. The van der Waals surface area contributed by atoms with Crippen molar-refractivity contribution in [2.75, 3.05) is 11.1 Å². The van der Waals surface area contributed by atoms with E-state index in [4.69, 9.17) is 5.73 Å². The second kappa shape index (κ2) is 7.37. The minimum Gasteiger partial charge on any atom is -0.507 e. The average Bonchev–Trinajstić information content (AvgIpc) is 2.72. The van der Waals surface area contributed by atoms with Crippen LogP contribution in [0.5, 0.6) is 5.75 Å². The van der Waals surface area contributed by atoms with Gasteiger partial charge in [-0.05, 0) is 17.7 Å². The lowest BCUT2D eigenvalue weighted by molar-refractivity contribution is -0.384. The maximum Gasteiger partial charge on any atom is 0.269 e. The maximum absolute atomic E-state index is 13.3. The van der Waals surface area contributed by atoms with Crippen LogP contribution in [0.15, 0.2) is 53.3 Å². The van der Waals surface area contributed by atoms with Gasteiger partial charge in [-0.15, -0.1) is 0 Å². The van der Waals surface area contributed by atoms with Crippen molar-refractivity contribution in [2.24, 2.45) is 5.92 Å². The third-order valence-electron chi connectivity index (χ3n) is 5.03. The van der Waals surface area contributed by atoms with Crippen LogP contribution in [0.1, 0.15) is 27.4 Å². The molecule has 1 aromatic heterocycles. The molecule has 1 aliphatic heterocycles. The molecule has 1 aliphatic rings. The fourth-order valence-corrected chi connectivity index (χ4v) is 3.71. The minimum absolute atomic E-state index is 0.0666. The smallest absolute Gasteiger partial charge is 0.269 e. The Morgan fingerprint density at radius 2 is 1.90 bits per heavy atom. The van der Waals surface area contributed by atoms with Crippen LogP contribution < -0.4 is 16.6 Å². The molecule has 11 nitrogen and oxygen atoms in total. The lowest BCUT2D eigenvalue weighted by Gasteiger charge is -2.31. The number of H-pyrrole nitrogens is 1. The van der Waals surface area contributed by atoms with Crippen molar-refractivity contribution in [3.05, 3.63) is 85.7 Å². The minimum atomic E-state index is -1.49. The van der Waals surface area contributed by atoms with Crippen molar-refractivity contribution in [1.82, 2.24) is 9.97 Å². The normalized spacial score (nSPS) is 17.5. The van der Waals surface area contributed by atoms with E-state index >= 15 is 0 Å². The Morgan fingerprint density at radius 3 is 2.61 bits per heavy atom. The highest BCUT2D eigenvalue weighted by Gasteiger charge is 2.45. The Labute approximate surface area is 173 Å². The number of benzene rings is 2. The quantitative estimate of drug-likeness (QED) is 0.212. The number of aromatic nitrogens is 2. The van der Waals surface area contributed by atoms with Crippen LogP contribution in [0.4, 0.5) is 17.5 Å². The summed E-state index contributed by atoms with van der Waals surface area (Å²) in [4.78, 5) is 55.9. The standard InChI is InChI=1S/C20H15N5O6/c21-20-23-17-15(19(29)24-20)13(9-4-3-5-10(8-9)25(30)31)14(18(28)22-17)16(27)11-6-1-2-7-12(11)26/h1-8,13-14,26H,(H4,21,22,23,24,28,29)/t13-,14-/m1/s1. The molecule has 0 saturated heterocycles. The Balaban J connectivity index is 1.97. The molecule has 0 fully saturated rings.